The third kappa shape index (κ3) is 5.63. The van der Waals surface area contributed by atoms with Gasteiger partial charge in [-0.2, -0.15) is 0 Å². The lowest BCUT2D eigenvalue weighted by molar-refractivity contribution is 0.462. The lowest BCUT2D eigenvalue weighted by Gasteiger charge is -2.33. The largest absolute Gasteiger partial charge is 0.363 e. The highest BCUT2D eigenvalue weighted by molar-refractivity contribution is 14.0. The van der Waals surface area contributed by atoms with Crippen LogP contribution in [0.1, 0.15) is 37.7 Å². The Hall–Kier alpha value is -1.28. The fourth-order valence-corrected chi connectivity index (χ4v) is 4.76. The van der Waals surface area contributed by atoms with E-state index in [0.29, 0.717) is 17.9 Å². The van der Waals surface area contributed by atoms with E-state index in [1.54, 1.807) is 0 Å². The quantitative estimate of drug-likeness (QED) is 0.337. The number of anilines is 1. The van der Waals surface area contributed by atoms with Crippen molar-refractivity contribution in [2.24, 2.45) is 10.9 Å². The summed E-state index contributed by atoms with van der Waals surface area (Å²) < 4.78 is 0. The zero-order valence-electron chi connectivity index (χ0n) is 16.5. The van der Waals surface area contributed by atoms with Gasteiger partial charge < -0.3 is 15.5 Å². The Labute approximate surface area is 189 Å². The number of thiophene rings is 1. The van der Waals surface area contributed by atoms with E-state index in [4.69, 9.17) is 4.99 Å². The second-order valence-corrected chi connectivity index (χ2v) is 8.52. The van der Waals surface area contributed by atoms with Gasteiger partial charge in [0.2, 0.25) is 0 Å². The minimum absolute atomic E-state index is 0. The number of piperidine rings is 1. The van der Waals surface area contributed by atoms with Crippen molar-refractivity contribution in [3.8, 4) is 0 Å². The van der Waals surface area contributed by atoms with Crippen molar-refractivity contribution < 1.29 is 0 Å². The molecule has 2 aliphatic rings. The fraction of sp³-hybridized carbons (Fsp3) is 0.500. The van der Waals surface area contributed by atoms with Gasteiger partial charge in [-0.25, -0.2) is 0 Å². The van der Waals surface area contributed by atoms with Gasteiger partial charge in [-0.05, 0) is 61.1 Å². The molecule has 2 fully saturated rings. The van der Waals surface area contributed by atoms with Crippen LogP contribution in [-0.2, 0) is 0 Å². The monoisotopic (exact) mass is 510 g/mol. The third-order valence-corrected chi connectivity index (χ3v) is 6.56. The number of rotatable bonds is 6. The molecule has 28 heavy (non-hydrogen) atoms. The first-order valence-electron chi connectivity index (χ1n) is 10.2. The smallest absolute Gasteiger partial charge is 0.191 e. The molecule has 1 aliphatic carbocycles. The normalized spacial score (nSPS) is 22.5. The Bertz CT molecular complexity index is 726. The van der Waals surface area contributed by atoms with Crippen molar-refractivity contribution in [1.29, 1.82) is 0 Å². The summed E-state index contributed by atoms with van der Waals surface area (Å²) in [6.07, 6.45) is 3.60. The van der Waals surface area contributed by atoms with Crippen molar-refractivity contribution in [3.05, 3.63) is 53.4 Å². The number of hydrogen-bond acceptors (Lipinski definition) is 3. The van der Waals surface area contributed by atoms with Crippen LogP contribution in [0.3, 0.4) is 0 Å². The molecule has 0 radical (unpaired) electrons. The molecule has 2 N–H and O–H groups in total. The number of guanidine groups is 1. The molecule has 4 nitrogen and oxygen atoms in total. The second kappa shape index (κ2) is 10.5. The number of nitrogens with one attached hydrogen (secondary N) is 2. The molecule has 0 bridgehead atoms. The van der Waals surface area contributed by atoms with Crippen molar-refractivity contribution in [2.45, 2.75) is 38.1 Å². The summed E-state index contributed by atoms with van der Waals surface area (Å²) in [6.45, 7) is 6.21. The highest BCUT2D eigenvalue weighted by atomic mass is 127. The van der Waals surface area contributed by atoms with Gasteiger partial charge in [-0.15, -0.1) is 35.3 Å². The Morgan fingerprint density at radius 1 is 1.14 bits per heavy atom. The summed E-state index contributed by atoms with van der Waals surface area (Å²) in [7, 11) is 0. The Kier molecular flexibility index (Phi) is 8.02. The maximum absolute atomic E-state index is 4.90. The fourth-order valence-electron chi connectivity index (χ4n) is 3.97. The number of hydrogen-bond donors (Lipinski definition) is 2. The average molecular weight is 510 g/mol. The van der Waals surface area contributed by atoms with E-state index in [1.807, 2.05) is 11.3 Å². The number of aliphatic imine (C=N–C) groups is 1. The van der Waals surface area contributed by atoms with Gasteiger partial charge in [0.25, 0.3) is 0 Å². The second-order valence-electron chi connectivity index (χ2n) is 7.59. The van der Waals surface area contributed by atoms with Crippen LogP contribution in [0, 0.1) is 5.92 Å². The summed E-state index contributed by atoms with van der Waals surface area (Å²) >= 11 is 1.84. The molecular weight excluding hydrogens is 479 g/mol. The van der Waals surface area contributed by atoms with Crippen molar-refractivity contribution >= 4 is 46.3 Å². The van der Waals surface area contributed by atoms with Crippen LogP contribution in [0.25, 0.3) is 0 Å². The van der Waals surface area contributed by atoms with Crippen LogP contribution in [0.5, 0.6) is 0 Å². The Morgan fingerprint density at radius 3 is 2.61 bits per heavy atom. The minimum Gasteiger partial charge on any atom is -0.363 e. The van der Waals surface area contributed by atoms with Gasteiger partial charge >= 0.3 is 0 Å². The zero-order chi connectivity index (χ0) is 18.5. The molecule has 152 valence electrons. The number of benzene rings is 1. The molecule has 4 rings (SSSR count). The van der Waals surface area contributed by atoms with E-state index in [0.717, 1.165) is 32.1 Å². The molecule has 0 amide bonds. The zero-order valence-corrected chi connectivity index (χ0v) is 19.7. The third-order valence-electron chi connectivity index (χ3n) is 5.63. The summed E-state index contributed by atoms with van der Waals surface area (Å²) in [6, 6.07) is 15.8. The van der Waals surface area contributed by atoms with Crippen molar-refractivity contribution in [2.75, 3.05) is 31.1 Å². The SMILES string of the molecule is CCNC(=NCC1CC1c1ccccc1)NC1CCN(c2cccs2)CC1.I. The van der Waals surface area contributed by atoms with Gasteiger partial charge in [0.05, 0.1) is 5.00 Å². The summed E-state index contributed by atoms with van der Waals surface area (Å²) in [5, 5.41) is 10.7. The molecule has 1 aliphatic heterocycles. The maximum atomic E-state index is 4.90. The van der Waals surface area contributed by atoms with E-state index in [2.05, 4.69) is 70.3 Å². The topological polar surface area (TPSA) is 39.7 Å². The van der Waals surface area contributed by atoms with Crippen molar-refractivity contribution in [3.63, 3.8) is 0 Å². The van der Waals surface area contributed by atoms with Crippen LogP contribution in [0.15, 0.2) is 52.8 Å². The molecule has 0 spiro atoms. The standard InChI is InChI=1S/C22H30N4S.HI/c1-2-23-22(24-16-18-15-20(18)17-7-4-3-5-8-17)25-19-10-12-26(13-11-19)21-9-6-14-27-21;/h3-9,14,18-20H,2,10-13,15-16H2,1H3,(H2,23,24,25);1H. The van der Waals surface area contributed by atoms with E-state index < -0.39 is 0 Å². The molecule has 2 aromatic rings. The van der Waals surface area contributed by atoms with Gasteiger partial charge in [0, 0.05) is 32.2 Å². The molecule has 1 saturated carbocycles. The maximum Gasteiger partial charge on any atom is 0.191 e. The van der Waals surface area contributed by atoms with Gasteiger partial charge in [0.1, 0.15) is 0 Å². The van der Waals surface area contributed by atoms with Crippen molar-refractivity contribution in [1.82, 2.24) is 10.6 Å². The highest BCUT2D eigenvalue weighted by Gasteiger charge is 2.37. The average Bonchev–Trinajstić information content (AvgIpc) is 3.28. The molecule has 1 aromatic carbocycles. The minimum atomic E-state index is 0. The van der Waals surface area contributed by atoms with Gasteiger partial charge in [-0.3, -0.25) is 4.99 Å². The predicted octanol–water partition coefficient (Wildman–Crippen LogP) is 4.69. The lowest BCUT2D eigenvalue weighted by Crippen LogP contribution is -2.48. The summed E-state index contributed by atoms with van der Waals surface area (Å²) in [5.41, 5.74) is 1.47. The first-order valence-corrected chi connectivity index (χ1v) is 11.1. The first kappa shape index (κ1) is 21.4. The van der Waals surface area contributed by atoms with E-state index in [-0.39, 0.29) is 24.0 Å². The van der Waals surface area contributed by atoms with E-state index in [1.165, 1.54) is 29.8 Å². The van der Waals surface area contributed by atoms with Crippen LogP contribution in [0.2, 0.25) is 0 Å². The molecule has 2 atom stereocenters. The number of nitrogens with zero attached hydrogens (tertiary/aromatic N) is 2. The molecule has 6 heteroatoms. The van der Waals surface area contributed by atoms with Gasteiger partial charge in [-0.1, -0.05) is 30.3 Å². The van der Waals surface area contributed by atoms with Crippen LogP contribution in [0.4, 0.5) is 5.00 Å². The Balaban J connectivity index is 0.00000225. The highest BCUT2D eigenvalue weighted by Crippen LogP contribution is 2.47. The summed E-state index contributed by atoms with van der Waals surface area (Å²) in [4.78, 5) is 7.40. The molecule has 2 unspecified atom stereocenters. The van der Waals surface area contributed by atoms with Crippen LogP contribution in [-0.4, -0.2) is 38.2 Å². The Morgan fingerprint density at radius 2 is 1.93 bits per heavy atom. The van der Waals surface area contributed by atoms with Gasteiger partial charge in [0.15, 0.2) is 5.96 Å². The molecular formula is C22H31IN4S. The first-order chi connectivity index (χ1) is 13.3. The predicted molar refractivity (Wildman–Crippen MR) is 131 cm³/mol. The molecule has 2 heterocycles. The number of halogens is 1. The van der Waals surface area contributed by atoms with E-state index in [9.17, 15) is 0 Å². The lowest BCUT2D eigenvalue weighted by atomic mass is 10.1. The summed E-state index contributed by atoms with van der Waals surface area (Å²) in [5.74, 6) is 2.39. The van der Waals surface area contributed by atoms with E-state index >= 15 is 0 Å². The van der Waals surface area contributed by atoms with Crippen LogP contribution < -0.4 is 15.5 Å². The van der Waals surface area contributed by atoms with Crippen LogP contribution >= 0.6 is 35.3 Å². The molecule has 1 aromatic heterocycles. The molecule has 1 saturated heterocycles.